The number of alkyl halides is 2. The van der Waals surface area contributed by atoms with Crippen LogP contribution >= 0.6 is 0 Å². The highest BCUT2D eigenvalue weighted by atomic mass is 19.3. The number of ketones is 1. The van der Waals surface area contributed by atoms with E-state index in [4.69, 9.17) is 4.74 Å². The first-order valence-electron chi connectivity index (χ1n) is 7.13. The Morgan fingerprint density at radius 3 is 2.35 bits per heavy atom. The number of hydrogen-bond acceptors (Lipinski definition) is 3. The molecule has 120 valence electrons. The van der Waals surface area contributed by atoms with Crippen molar-refractivity contribution in [2.45, 2.75) is 5.92 Å². The third-order valence-corrected chi connectivity index (χ3v) is 4.12. The summed E-state index contributed by atoms with van der Waals surface area (Å²) in [6.45, 7) is 0.0648. The predicted molar refractivity (Wildman–Crippen MR) is 83.4 cm³/mol. The van der Waals surface area contributed by atoms with Crippen molar-refractivity contribution >= 4 is 17.3 Å². The van der Waals surface area contributed by atoms with Gasteiger partial charge in [0.2, 0.25) is 0 Å². The number of ether oxygens (including phenoxy) is 1. The van der Waals surface area contributed by atoms with E-state index in [0.29, 0.717) is 11.4 Å². The second-order valence-electron chi connectivity index (χ2n) is 5.67. The Kier molecular flexibility index (Phi) is 3.55. The van der Waals surface area contributed by atoms with Crippen LogP contribution in [0.1, 0.15) is 0 Å². The fraction of sp³-hybridized carbons (Fsp3) is 0.294. The summed E-state index contributed by atoms with van der Waals surface area (Å²) < 4.78 is 34.9. The molecule has 1 aliphatic heterocycles. The van der Waals surface area contributed by atoms with E-state index < -0.39 is 11.3 Å². The zero-order valence-electron chi connectivity index (χ0n) is 12.8. The lowest BCUT2D eigenvalue weighted by Crippen LogP contribution is -2.41. The van der Waals surface area contributed by atoms with Crippen LogP contribution in [0.4, 0.5) is 14.5 Å². The number of allylic oxidation sites excluding steroid dienone is 2. The monoisotopic (exact) mass is 318 g/mol. The number of benzene rings is 1. The summed E-state index contributed by atoms with van der Waals surface area (Å²) in [5, 5.41) is 0. The lowest BCUT2D eigenvalue weighted by Gasteiger charge is -2.28. The van der Waals surface area contributed by atoms with Gasteiger partial charge in [0.25, 0.3) is 0 Å². The lowest BCUT2D eigenvalue weighted by molar-refractivity contribution is -0.110. The summed E-state index contributed by atoms with van der Waals surface area (Å²) in [5.41, 5.74) is -1.11. The predicted octanol–water partition coefficient (Wildman–Crippen LogP) is 2.99. The summed E-state index contributed by atoms with van der Waals surface area (Å²) in [7, 11) is 3.11. The van der Waals surface area contributed by atoms with Crippen LogP contribution in [-0.4, -0.2) is 43.1 Å². The number of carbonyl (C=O) groups is 1. The summed E-state index contributed by atoms with van der Waals surface area (Å²) in [4.78, 5) is 16.8. The maximum absolute atomic E-state index is 14.9. The molecular weight excluding hydrogens is 302 g/mol. The topological polar surface area (TPSA) is 41.9 Å². The Morgan fingerprint density at radius 2 is 1.78 bits per heavy atom. The normalized spacial score (nSPS) is 23.0. The Balaban J connectivity index is 1.99. The SMILES string of the molecule is COc1ccc(N=C2N(C)CC3(C=CC(=O)C=C3)C2(F)F)cc1. The number of amidine groups is 1. The standard InChI is InChI=1S/C17H16F2N2O2/c1-21-11-16(9-7-13(22)8-10-16)17(18,19)15(21)20-12-3-5-14(23-2)6-4-12/h3-10H,11H2,1-2H3. The molecule has 0 N–H and O–H groups in total. The van der Waals surface area contributed by atoms with Crippen LogP contribution in [0.15, 0.2) is 53.6 Å². The van der Waals surface area contributed by atoms with Crippen molar-refractivity contribution in [1.29, 1.82) is 0 Å². The molecule has 4 nitrogen and oxygen atoms in total. The Hall–Kier alpha value is -2.50. The number of halogens is 2. The van der Waals surface area contributed by atoms with Gasteiger partial charge in [0.15, 0.2) is 11.6 Å². The van der Waals surface area contributed by atoms with Gasteiger partial charge in [0, 0.05) is 13.6 Å². The molecule has 0 aromatic heterocycles. The fourth-order valence-electron chi connectivity index (χ4n) is 2.84. The van der Waals surface area contributed by atoms with Gasteiger partial charge < -0.3 is 9.64 Å². The molecule has 0 atom stereocenters. The minimum Gasteiger partial charge on any atom is -0.497 e. The Labute approximate surface area is 132 Å². The molecule has 1 saturated heterocycles. The van der Waals surface area contributed by atoms with Crippen LogP contribution < -0.4 is 4.74 Å². The smallest absolute Gasteiger partial charge is 0.318 e. The number of rotatable bonds is 2. The zero-order chi connectivity index (χ0) is 16.7. The molecule has 23 heavy (non-hydrogen) atoms. The highest BCUT2D eigenvalue weighted by Crippen LogP contribution is 2.48. The molecule has 1 aromatic carbocycles. The van der Waals surface area contributed by atoms with Crippen LogP contribution in [0.25, 0.3) is 0 Å². The van der Waals surface area contributed by atoms with E-state index in [0.717, 1.165) is 0 Å². The van der Waals surface area contributed by atoms with E-state index in [1.54, 1.807) is 31.3 Å². The average Bonchev–Trinajstić information content (AvgIpc) is 2.71. The molecule has 6 heteroatoms. The van der Waals surface area contributed by atoms with Gasteiger partial charge in [-0.2, -0.15) is 8.78 Å². The second kappa shape index (κ2) is 5.30. The number of carbonyl (C=O) groups excluding carboxylic acids is 1. The zero-order valence-corrected chi connectivity index (χ0v) is 12.8. The first-order valence-corrected chi connectivity index (χ1v) is 7.13. The molecule has 1 heterocycles. The van der Waals surface area contributed by atoms with Crippen LogP contribution in [-0.2, 0) is 4.79 Å². The largest absolute Gasteiger partial charge is 0.497 e. The minimum absolute atomic E-state index is 0.0648. The number of hydrogen-bond donors (Lipinski definition) is 0. The third-order valence-electron chi connectivity index (χ3n) is 4.12. The van der Waals surface area contributed by atoms with Gasteiger partial charge in [-0.3, -0.25) is 4.79 Å². The van der Waals surface area contributed by atoms with Crippen molar-refractivity contribution in [3.8, 4) is 5.75 Å². The molecule has 0 radical (unpaired) electrons. The highest BCUT2D eigenvalue weighted by Gasteiger charge is 2.62. The van der Waals surface area contributed by atoms with Crippen molar-refractivity contribution in [2.75, 3.05) is 20.7 Å². The van der Waals surface area contributed by atoms with Crippen molar-refractivity contribution in [2.24, 2.45) is 10.4 Å². The van der Waals surface area contributed by atoms with Crippen molar-refractivity contribution in [3.05, 3.63) is 48.6 Å². The van der Waals surface area contributed by atoms with E-state index in [1.807, 2.05) is 0 Å². The second-order valence-corrected chi connectivity index (χ2v) is 5.67. The molecule has 0 unspecified atom stereocenters. The van der Waals surface area contributed by atoms with Gasteiger partial charge in [0.05, 0.1) is 18.2 Å². The van der Waals surface area contributed by atoms with Gasteiger partial charge in [-0.1, -0.05) is 12.2 Å². The molecule has 0 bridgehead atoms. The summed E-state index contributed by atoms with van der Waals surface area (Å²) >= 11 is 0. The van der Waals surface area contributed by atoms with Crippen LogP contribution in [0.2, 0.25) is 0 Å². The highest BCUT2D eigenvalue weighted by molar-refractivity contribution is 6.02. The maximum Gasteiger partial charge on any atom is 0.318 e. The van der Waals surface area contributed by atoms with Gasteiger partial charge >= 0.3 is 5.92 Å². The van der Waals surface area contributed by atoms with Crippen LogP contribution in [0, 0.1) is 5.41 Å². The van der Waals surface area contributed by atoms with Crippen LogP contribution in [0.5, 0.6) is 5.75 Å². The maximum atomic E-state index is 14.9. The van der Waals surface area contributed by atoms with Gasteiger partial charge in [-0.25, -0.2) is 4.99 Å². The molecule has 1 fully saturated rings. The van der Waals surface area contributed by atoms with Gasteiger partial charge in [-0.15, -0.1) is 0 Å². The molecule has 0 amide bonds. The average molecular weight is 318 g/mol. The van der Waals surface area contributed by atoms with E-state index in [-0.39, 0.29) is 18.2 Å². The Bertz CT molecular complexity index is 705. The van der Waals surface area contributed by atoms with Crippen molar-refractivity contribution < 1.29 is 18.3 Å². The quantitative estimate of drug-likeness (QED) is 0.842. The Morgan fingerprint density at radius 1 is 1.17 bits per heavy atom. The van der Waals surface area contributed by atoms with Crippen molar-refractivity contribution in [3.63, 3.8) is 0 Å². The first-order chi connectivity index (χ1) is 10.9. The van der Waals surface area contributed by atoms with Gasteiger partial charge in [-0.05, 0) is 36.4 Å². The van der Waals surface area contributed by atoms with E-state index >= 15 is 0 Å². The van der Waals surface area contributed by atoms with Gasteiger partial charge in [0.1, 0.15) is 5.75 Å². The first kappa shape index (κ1) is 15.4. The number of aliphatic imine (C=N–C) groups is 1. The molecule has 3 rings (SSSR count). The summed E-state index contributed by atoms with van der Waals surface area (Å²) in [6, 6.07) is 6.58. The van der Waals surface area contributed by atoms with E-state index in [9.17, 15) is 13.6 Å². The fourth-order valence-corrected chi connectivity index (χ4v) is 2.84. The molecule has 2 aliphatic rings. The lowest BCUT2D eigenvalue weighted by atomic mass is 9.80. The molecular formula is C17H16F2N2O2. The van der Waals surface area contributed by atoms with Crippen LogP contribution in [0.3, 0.4) is 0 Å². The minimum atomic E-state index is -3.20. The summed E-state index contributed by atoms with van der Waals surface area (Å²) in [6.07, 6.45) is 4.95. The van der Waals surface area contributed by atoms with E-state index in [2.05, 4.69) is 4.99 Å². The van der Waals surface area contributed by atoms with Crippen molar-refractivity contribution in [1.82, 2.24) is 4.90 Å². The number of likely N-dealkylation sites (tertiary alicyclic amines) is 1. The third kappa shape index (κ3) is 2.44. The van der Waals surface area contributed by atoms with E-state index in [1.165, 1.54) is 36.3 Å². The number of methoxy groups -OCH3 is 1. The molecule has 0 saturated carbocycles. The molecule has 1 aliphatic carbocycles. The number of nitrogens with zero attached hydrogens (tertiary/aromatic N) is 2. The summed E-state index contributed by atoms with van der Waals surface area (Å²) in [5.74, 6) is -3.16. The molecule has 1 aromatic rings. The molecule has 1 spiro atoms.